The molecule has 112 valence electrons. The highest BCUT2D eigenvalue weighted by Crippen LogP contribution is 2.16. The highest BCUT2D eigenvalue weighted by Gasteiger charge is 2.29. The van der Waals surface area contributed by atoms with Gasteiger partial charge in [0, 0.05) is 24.5 Å². The molecular weight excluding hydrogens is 289 g/mol. The largest absolute Gasteiger partial charge is 0.480 e. The van der Waals surface area contributed by atoms with E-state index in [2.05, 4.69) is 0 Å². The fourth-order valence-electron chi connectivity index (χ4n) is 1.68. The minimum Gasteiger partial charge on any atom is -0.480 e. The number of amides is 1. The van der Waals surface area contributed by atoms with Gasteiger partial charge in [-0.25, -0.2) is 18.0 Å². The number of rotatable bonds is 5. The number of nitrogens with zero attached hydrogens (tertiary/aromatic N) is 1. The zero-order valence-electron chi connectivity index (χ0n) is 10.9. The molecule has 0 heterocycles. The first-order valence-electron chi connectivity index (χ1n) is 5.83. The molecule has 0 fully saturated rings. The molecule has 1 aromatic carbocycles. The number of aliphatic carboxylic acids is 1. The summed E-state index contributed by atoms with van der Waals surface area (Å²) in [5.41, 5.74) is -1.08. The molecule has 0 saturated carbocycles. The standard InChI is InChI=1S/C13H11F3N2O3/c1-6(2-3-17)11(13(20)21)18-12(19)10-8(15)4-7(14)5-9(10)16/h4-6,11H,2H2,1H3,(H,18,19)(H,20,21)/t6-,11+/m1/s1. The maximum absolute atomic E-state index is 13.4. The average molecular weight is 300 g/mol. The summed E-state index contributed by atoms with van der Waals surface area (Å²) in [6.07, 6.45) is -0.175. The van der Waals surface area contributed by atoms with Crippen molar-refractivity contribution < 1.29 is 27.9 Å². The van der Waals surface area contributed by atoms with Gasteiger partial charge in [-0.3, -0.25) is 4.79 Å². The first kappa shape index (κ1) is 16.5. The number of hydrogen-bond acceptors (Lipinski definition) is 3. The summed E-state index contributed by atoms with van der Waals surface area (Å²) in [7, 11) is 0. The Bertz CT molecular complexity index is 590. The van der Waals surface area contributed by atoms with Crippen LogP contribution in [0.5, 0.6) is 0 Å². The Morgan fingerprint density at radius 3 is 2.29 bits per heavy atom. The van der Waals surface area contributed by atoms with E-state index in [4.69, 9.17) is 10.4 Å². The van der Waals surface area contributed by atoms with Gasteiger partial charge < -0.3 is 10.4 Å². The smallest absolute Gasteiger partial charge is 0.326 e. The van der Waals surface area contributed by atoms with Crippen LogP contribution in [0.25, 0.3) is 0 Å². The summed E-state index contributed by atoms with van der Waals surface area (Å²) in [6.45, 7) is 1.39. The van der Waals surface area contributed by atoms with Gasteiger partial charge in [-0.05, 0) is 0 Å². The topological polar surface area (TPSA) is 90.2 Å². The third-order valence-corrected chi connectivity index (χ3v) is 2.77. The molecule has 1 rings (SSSR count). The Hall–Kier alpha value is -2.56. The Morgan fingerprint density at radius 2 is 1.86 bits per heavy atom. The molecule has 5 nitrogen and oxygen atoms in total. The van der Waals surface area contributed by atoms with Crippen molar-refractivity contribution in [2.45, 2.75) is 19.4 Å². The van der Waals surface area contributed by atoms with Crippen LogP contribution < -0.4 is 5.32 Å². The van der Waals surface area contributed by atoms with Gasteiger partial charge in [0.2, 0.25) is 0 Å². The van der Waals surface area contributed by atoms with E-state index >= 15 is 0 Å². The van der Waals surface area contributed by atoms with Gasteiger partial charge in [-0.1, -0.05) is 6.92 Å². The Morgan fingerprint density at radius 1 is 1.33 bits per heavy atom. The minimum absolute atomic E-state index is 0.175. The molecule has 1 aromatic rings. The van der Waals surface area contributed by atoms with Crippen molar-refractivity contribution in [3.63, 3.8) is 0 Å². The van der Waals surface area contributed by atoms with E-state index < -0.39 is 46.9 Å². The number of nitriles is 1. The fourth-order valence-corrected chi connectivity index (χ4v) is 1.68. The molecule has 0 aliphatic rings. The van der Waals surface area contributed by atoms with E-state index in [-0.39, 0.29) is 6.42 Å². The zero-order chi connectivity index (χ0) is 16.2. The van der Waals surface area contributed by atoms with Gasteiger partial charge in [-0.2, -0.15) is 5.26 Å². The normalized spacial score (nSPS) is 13.1. The van der Waals surface area contributed by atoms with Gasteiger partial charge in [-0.15, -0.1) is 0 Å². The predicted molar refractivity (Wildman–Crippen MR) is 64.6 cm³/mol. The molecule has 0 saturated heterocycles. The minimum atomic E-state index is -1.50. The lowest BCUT2D eigenvalue weighted by molar-refractivity contribution is -0.140. The second-order valence-electron chi connectivity index (χ2n) is 4.37. The fraction of sp³-hybridized carbons (Fsp3) is 0.308. The number of nitrogens with one attached hydrogen (secondary N) is 1. The lowest BCUT2D eigenvalue weighted by Gasteiger charge is -2.19. The number of hydrogen-bond donors (Lipinski definition) is 2. The summed E-state index contributed by atoms with van der Waals surface area (Å²) < 4.78 is 39.6. The predicted octanol–water partition coefficient (Wildman–Crippen LogP) is 1.84. The first-order valence-corrected chi connectivity index (χ1v) is 5.83. The van der Waals surface area contributed by atoms with Crippen molar-refractivity contribution in [1.29, 1.82) is 5.26 Å². The number of benzene rings is 1. The van der Waals surface area contributed by atoms with Crippen LogP contribution in [0.1, 0.15) is 23.7 Å². The maximum Gasteiger partial charge on any atom is 0.326 e. The number of halogens is 3. The lowest BCUT2D eigenvalue weighted by Crippen LogP contribution is -2.45. The van der Waals surface area contributed by atoms with E-state index in [1.54, 1.807) is 6.07 Å². The molecule has 0 aliphatic heterocycles. The number of carboxylic acids is 1. The van der Waals surface area contributed by atoms with Crippen LogP contribution in [0.4, 0.5) is 13.2 Å². The van der Waals surface area contributed by atoms with Crippen molar-refractivity contribution in [1.82, 2.24) is 5.32 Å². The molecule has 0 unspecified atom stereocenters. The van der Waals surface area contributed by atoms with E-state index in [0.717, 1.165) is 0 Å². The van der Waals surface area contributed by atoms with Crippen LogP contribution >= 0.6 is 0 Å². The SMILES string of the molecule is C[C@H](CC#N)[C@H](NC(=O)c1c(F)cc(F)cc1F)C(=O)O. The Balaban J connectivity index is 3.04. The molecule has 0 bridgehead atoms. The van der Waals surface area contributed by atoms with Crippen LogP contribution in [0.2, 0.25) is 0 Å². The Kier molecular flexibility index (Phi) is 5.30. The van der Waals surface area contributed by atoms with Crippen LogP contribution in [-0.4, -0.2) is 23.0 Å². The first-order chi connectivity index (χ1) is 9.77. The highest BCUT2D eigenvalue weighted by atomic mass is 19.1. The third kappa shape index (κ3) is 3.95. The van der Waals surface area contributed by atoms with Crippen LogP contribution in [-0.2, 0) is 4.79 Å². The van der Waals surface area contributed by atoms with Gasteiger partial charge >= 0.3 is 5.97 Å². The second kappa shape index (κ2) is 6.74. The summed E-state index contributed by atoms with van der Waals surface area (Å²) in [5.74, 6) is -7.64. The highest BCUT2D eigenvalue weighted by molar-refractivity contribution is 5.97. The molecular formula is C13H11F3N2O3. The average Bonchev–Trinajstić information content (AvgIpc) is 2.34. The van der Waals surface area contributed by atoms with Crippen LogP contribution in [0, 0.1) is 34.7 Å². The van der Waals surface area contributed by atoms with E-state index in [9.17, 15) is 22.8 Å². The van der Waals surface area contributed by atoms with Crippen LogP contribution in [0.15, 0.2) is 12.1 Å². The van der Waals surface area contributed by atoms with Crippen molar-refractivity contribution in [2.75, 3.05) is 0 Å². The third-order valence-electron chi connectivity index (χ3n) is 2.77. The quantitative estimate of drug-likeness (QED) is 0.868. The number of carboxylic acid groups (broad SMARTS) is 1. The molecule has 8 heteroatoms. The molecule has 1 amide bonds. The maximum atomic E-state index is 13.4. The zero-order valence-corrected chi connectivity index (χ0v) is 10.9. The summed E-state index contributed by atoms with van der Waals surface area (Å²) in [6, 6.07) is 0.859. The van der Waals surface area contributed by atoms with Crippen molar-refractivity contribution in [3.05, 3.63) is 35.1 Å². The van der Waals surface area contributed by atoms with Gasteiger partial charge in [0.15, 0.2) is 0 Å². The number of carbonyl (C=O) groups excluding carboxylic acids is 1. The van der Waals surface area contributed by atoms with Crippen molar-refractivity contribution >= 4 is 11.9 Å². The molecule has 0 spiro atoms. The van der Waals surface area contributed by atoms with E-state index in [1.165, 1.54) is 6.92 Å². The monoisotopic (exact) mass is 300 g/mol. The molecule has 0 aromatic heterocycles. The van der Waals surface area contributed by atoms with Crippen LogP contribution in [0.3, 0.4) is 0 Å². The molecule has 21 heavy (non-hydrogen) atoms. The number of carbonyl (C=O) groups is 2. The van der Waals surface area contributed by atoms with Gasteiger partial charge in [0.05, 0.1) is 6.07 Å². The van der Waals surface area contributed by atoms with Crippen molar-refractivity contribution in [3.8, 4) is 6.07 Å². The lowest BCUT2D eigenvalue weighted by atomic mass is 9.98. The summed E-state index contributed by atoms with van der Waals surface area (Å²) >= 11 is 0. The molecule has 0 aliphatic carbocycles. The second-order valence-corrected chi connectivity index (χ2v) is 4.37. The van der Waals surface area contributed by atoms with Gasteiger partial charge in [0.25, 0.3) is 5.91 Å². The summed E-state index contributed by atoms with van der Waals surface area (Å²) in [4.78, 5) is 22.8. The summed E-state index contributed by atoms with van der Waals surface area (Å²) in [5, 5.41) is 19.4. The van der Waals surface area contributed by atoms with Crippen molar-refractivity contribution in [2.24, 2.45) is 5.92 Å². The van der Waals surface area contributed by atoms with E-state index in [0.29, 0.717) is 12.1 Å². The van der Waals surface area contributed by atoms with E-state index in [1.807, 2.05) is 5.32 Å². The molecule has 2 atom stereocenters. The Labute approximate surface area is 118 Å². The molecule has 0 radical (unpaired) electrons. The van der Waals surface area contributed by atoms with Gasteiger partial charge in [0.1, 0.15) is 29.1 Å². The molecule has 2 N–H and O–H groups in total.